The van der Waals surface area contributed by atoms with Crippen molar-refractivity contribution in [3.63, 3.8) is 0 Å². The summed E-state index contributed by atoms with van der Waals surface area (Å²) in [5.41, 5.74) is 0.545. The van der Waals surface area contributed by atoms with Crippen LogP contribution in [0.4, 0.5) is 5.69 Å². The number of thiophene rings is 1. The van der Waals surface area contributed by atoms with Crippen molar-refractivity contribution in [1.29, 1.82) is 0 Å². The van der Waals surface area contributed by atoms with Gasteiger partial charge in [0.2, 0.25) is 0 Å². The highest BCUT2D eigenvalue weighted by atomic mass is 35.5. The molecule has 0 radical (unpaired) electrons. The Morgan fingerprint density at radius 3 is 2.59 bits per heavy atom. The van der Waals surface area contributed by atoms with Crippen LogP contribution in [-0.4, -0.2) is 53.4 Å². The molecule has 1 saturated heterocycles. The summed E-state index contributed by atoms with van der Waals surface area (Å²) in [7, 11) is 0. The molecule has 7 nitrogen and oxygen atoms in total. The van der Waals surface area contributed by atoms with E-state index in [2.05, 4.69) is 4.90 Å². The Morgan fingerprint density at radius 2 is 2.00 bits per heavy atom. The first-order valence-electron chi connectivity index (χ1n) is 8.54. The third kappa shape index (κ3) is 5.18. The number of hydrogen-bond donors (Lipinski definition) is 0. The Kier molecular flexibility index (Phi) is 6.30. The fourth-order valence-electron chi connectivity index (χ4n) is 2.97. The van der Waals surface area contributed by atoms with Crippen LogP contribution in [0.15, 0.2) is 30.3 Å². The topological polar surface area (TPSA) is 75.9 Å². The average molecular weight is 410 g/mol. The molecule has 0 atom stereocenters. The van der Waals surface area contributed by atoms with Gasteiger partial charge in [-0.1, -0.05) is 11.6 Å². The van der Waals surface area contributed by atoms with Gasteiger partial charge in [0.05, 0.1) is 9.26 Å². The molecule has 0 unspecified atom stereocenters. The average Bonchev–Trinajstić information content (AvgIpc) is 3.05. The highest BCUT2D eigenvalue weighted by Crippen LogP contribution is 2.24. The minimum Gasteiger partial charge on any atom is -0.484 e. The van der Waals surface area contributed by atoms with E-state index in [1.165, 1.54) is 17.0 Å². The number of halogens is 1. The standard InChI is InChI=1S/C18H20ClN3O4S/c1-13-10-14(2-4-16(13)22(24)25)26-12-18(23)21-8-6-20(7-9-21)11-15-3-5-17(19)27-15/h2-5,10H,6-9,11-12H2,1H3. The van der Waals surface area contributed by atoms with Crippen LogP contribution >= 0.6 is 22.9 Å². The lowest BCUT2D eigenvalue weighted by atomic mass is 10.2. The lowest BCUT2D eigenvalue weighted by molar-refractivity contribution is -0.385. The van der Waals surface area contributed by atoms with Gasteiger partial charge in [-0.15, -0.1) is 11.3 Å². The maximum atomic E-state index is 12.4. The van der Waals surface area contributed by atoms with Crippen molar-refractivity contribution in [3.05, 3.63) is 55.2 Å². The van der Waals surface area contributed by atoms with Gasteiger partial charge >= 0.3 is 0 Å². The fourth-order valence-corrected chi connectivity index (χ4v) is 4.10. The van der Waals surface area contributed by atoms with Crippen molar-refractivity contribution in [2.45, 2.75) is 13.5 Å². The Labute approximate surface area is 166 Å². The van der Waals surface area contributed by atoms with Crippen LogP contribution < -0.4 is 4.74 Å². The molecule has 2 heterocycles. The zero-order valence-electron chi connectivity index (χ0n) is 14.9. The molecule has 27 heavy (non-hydrogen) atoms. The van der Waals surface area contributed by atoms with Crippen molar-refractivity contribution in [3.8, 4) is 5.75 Å². The molecule has 0 bridgehead atoms. The van der Waals surface area contributed by atoms with E-state index >= 15 is 0 Å². The van der Waals surface area contributed by atoms with Crippen molar-refractivity contribution < 1.29 is 14.5 Å². The largest absolute Gasteiger partial charge is 0.484 e. The SMILES string of the molecule is Cc1cc(OCC(=O)N2CCN(Cc3ccc(Cl)s3)CC2)ccc1[N+](=O)[O-]. The first kappa shape index (κ1) is 19.6. The quantitative estimate of drug-likeness (QED) is 0.540. The first-order valence-corrected chi connectivity index (χ1v) is 9.74. The highest BCUT2D eigenvalue weighted by molar-refractivity contribution is 7.16. The van der Waals surface area contributed by atoms with Gasteiger partial charge in [-0.3, -0.25) is 19.8 Å². The fraction of sp³-hybridized carbons (Fsp3) is 0.389. The van der Waals surface area contributed by atoms with Crippen LogP contribution in [0.2, 0.25) is 4.34 Å². The van der Waals surface area contributed by atoms with Gasteiger partial charge in [0, 0.05) is 49.2 Å². The van der Waals surface area contributed by atoms with Gasteiger partial charge in [-0.25, -0.2) is 0 Å². The van der Waals surface area contributed by atoms with Crippen LogP contribution in [0.3, 0.4) is 0 Å². The van der Waals surface area contributed by atoms with Gasteiger partial charge in [0.15, 0.2) is 6.61 Å². The molecule has 1 aliphatic heterocycles. The number of amides is 1. The Morgan fingerprint density at radius 1 is 1.26 bits per heavy atom. The summed E-state index contributed by atoms with van der Waals surface area (Å²) in [6, 6.07) is 8.42. The van der Waals surface area contributed by atoms with E-state index in [0.717, 1.165) is 24.0 Å². The van der Waals surface area contributed by atoms with Gasteiger partial charge in [-0.2, -0.15) is 0 Å². The monoisotopic (exact) mass is 409 g/mol. The zero-order chi connectivity index (χ0) is 19.4. The second-order valence-corrected chi connectivity index (χ2v) is 8.16. The third-order valence-electron chi connectivity index (χ3n) is 4.46. The summed E-state index contributed by atoms with van der Waals surface area (Å²) in [5, 5.41) is 10.8. The van der Waals surface area contributed by atoms with Crippen LogP contribution in [0.5, 0.6) is 5.75 Å². The van der Waals surface area contributed by atoms with E-state index in [4.69, 9.17) is 16.3 Å². The Hall–Kier alpha value is -2.16. The van der Waals surface area contributed by atoms with Crippen LogP contribution in [-0.2, 0) is 11.3 Å². The number of nitrogens with zero attached hydrogens (tertiary/aromatic N) is 3. The van der Waals surface area contributed by atoms with Crippen molar-refractivity contribution in [2.75, 3.05) is 32.8 Å². The first-order chi connectivity index (χ1) is 12.9. The van der Waals surface area contributed by atoms with Crippen molar-refractivity contribution >= 4 is 34.5 Å². The maximum Gasteiger partial charge on any atom is 0.272 e. The number of ether oxygens (including phenoxy) is 1. The van der Waals surface area contributed by atoms with Crippen LogP contribution in [0.25, 0.3) is 0 Å². The molecule has 1 amide bonds. The van der Waals surface area contributed by atoms with E-state index in [-0.39, 0.29) is 18.2 Å². The summed E-state index contributed by atoms with van der Waals surface area (Å²) >= 11 is 7.54. The summed E-state index contributed by atoms with van der Waals surface area (Å²) in [5.74, 6) is 0.379. The summed E-state index contributed by atoms with van der Waals surface area (Å²) in [4.78, 5) is 28.1. The number of aryl methyl sites for hydroxylation is 1. The number of piperazine rings is 1. The normalized spacial score (nSPS) is 15.0. The number of rotatable bonds is 6. The lowest BCUT2D eigenvalue weighted by Gasteiger charge is -2.34. The summed E-state index contributed by atoms with van der Waals surface area (Å²) in [6.45, 7) is 5.33. The van der Waals surface area contributed by atoms with Crippen molar-refractivity contribution in [1.82, 2.24) is 9.80 Å². The smallest absolute Gasteiger partial charge is 0.272 e. The summed E-state index contributed by atoms with van der Waals surface area (Å²) < 4.78 is 6.31. The van der Waals surface area contributed by atoms with Crippen molar-refractivity contribution in [2.24, 2.45) is 0 Å². The molecule has 1 aliphatic rings. The molecule has 0 saturated carbocycles. The number of benzene rings is 1. The minimum atomic E-state index is -0.437. The molecule has 1 aromatic carbocycles. The number of carbonyl (C=O) groups is 1. The molecule has 1 aromatic heterocycles. The number of nitro groups is 1. The van der Waals surface area contributed by atoms with E-state index < -0.39 is 4.92 Å². The Bertz CT molecular complexity index is 834. The van der Waals surface area contributed by atoms with E-state index in [0.29, 0.717) is 24.4 Å². The molecule has 3 rings (SSSR count). The highest BCUT2D eigenvalue weighted by Gasteiger charge is 2.22. The molecule has 0 aliphatic carbocycles. The molecule has 144 valence electrons. The predicted octanol–water partition coefficient (Wildman–Crippen LogP) is 3.34. The minimum absolute atomic E-state index is 0.0387. The molecule has 9 heteroatoms. The molecular weight excluding hydrogens is 390 g/mol. The Balaban J connectivity index is 1.45. The zero-order valence-corrected chi connectivity index (χ0v) is 16.5. The van der Waals surface area contributed by atoms with E-state index in [1.54, 1.807) is 29.2 Å². The second kappa shape index (κ2) is 8.69. The lowest BCUT2D eigenvalue weighted by Crippen LogP contribution is -2.49. The van der Waals surface area contributed by atoms with E-state index in [9.17, 15) is 14.9 Å². The second-order valence-electron chi connectivity index (χ2n) is 6.36. The van der Waals surface area contributed by atoms with Gasteiger partial charge in [-0.05, 0) is 31.2 Å². The number of hydrogen-bond acceptors (Lipinski definition) is 6. The predicted molar refractivity (Wildman–Crippen MR) is 105 cm³/mol. The number of nitro benzene ring substituents is 1. The molecule has 1 fully saturated rings. The van der Waals surface area contributed by atoms with E-state index in [1.807, 2.05) is 12.1 Å². The van der Waals surface area contributed by atoms with Gasteiger partial charge in [0.1, 0.15) is 5.75 Å². The molecule has 0 spiro atoms. The van der Waals surface area contributed by atoms with Crippen LogP contribution in [0, 0.1) is 17.0 Å². The third-order valence-corrected chi connectivity index (χ3v) is 5.68. The van der Waals surface area contributed by atoms with Gasteiger partial charge < -0.3 is 9.64 Å². The molecule has 0 N–H and O–H groups in total. The molecule has 2 aromatic rings. The summed E-state index contributed by atoms with van der Waals surface area (Å²) in [6.07, 6.45) is 0. The van der Waals surface area contributed by atoms with Gasteiger partial charge in [0.25, 0.3) is 11.6 Å². The van der Waals surface area contributed by atoms with Crippen LogP contribution in [0.1, 0.15) is 10.4 Å². The maximum absolute atomic E-state index is 12.4. The molecular formula is C18H20ClN3O4S. The number of carbonyl (C=O) groups excluding carboxylic acids is 1.